The molecule has 2 heterocycles. The van der Waals surface area contributed by atoms with E-state index in [2.05, 4.69) is 10.2 Å². The van der Waals surface area contributed by atoms with Gasteiger partial charge in [-0.2, -0.15) is 0 Å². The number of fused-ring (bicyclic) bond motifs is 1. The highest BCUT2D eigenvalue weighted by atomic mass is 16.5. The Bertz CT molecular complexity index is 203. The molecule has 3 nitrogen and oxygen atoms in total. The third-order valence-corrected chi connectivity index (χ3v) is 4.23. The van der Waals surface area contributed by atoms with E-state index in [4.69, 9.17) is 4.74 Å². The van der Waals surface area contributed by atoms with Gasteiger partial charge in [0.15, 0.2) is 0 Å². The normalized spacial score (nSPS) is 44.1. The second-order valence-corrected chi connectivity index (χ2v) is 4.88. The summed E-state index contributed by atoms with van der Waals surface area (Å²) in [5.74, 6) is 1.91. The predicted molar refractivity (Wildman–Crippen MR) is 55.3 cm³/mol. The molecule has 1 saturated carbocycles. The molecule has 0 aromatic heterocycles. The predicted octanol–water partition coefficient (Wildman–Crippen LogP) is 0.317. The molecule has 3 unspecified atom stereocenters. The van der Waals surface area contributed by atoms with Crippen LogP contribution < -0.4 is 5.32 Å². The Morgan fingerprint density at radius 3 is 2.79 bits per heavy atom. The van der Waals surface area contributed by atoms with E-state index in [0.29, 0.717) is 0 Å². The summed E-state index contributed by atoms with van der Waals surface area (Å²) in [5.41, 5.74) is 0. The lowest BCUT2D eigenvalue weighted by Gasteiger charge is -2.35. The Balaban J connectivity index is 1.66. The summed E-state index contributed by atoms with van der Waals surface area (Å²) in [6.07, 6.45) is 2.87. The van der Waals surface area contributed by atoms with Crippen molar-refractivity contribution in [1.82, 2.24) is 10.2 Å². The van der Waals surface area contributed by atoms with Gasteiger partial charge in [0.1, 0.15) is 0 Å². The molecule has 0 bridgehead atoms. The van der Waals surface area contributed by atoms with Crippen molar-refractivity contribution < 1.29 is 4.74 Å². The van der Waals surface area contributed by atoms with Crippen LogP contribution in [-0.4, -0.2) is 50.3 Å². The van der Waals surface area contributed by atoms with Crippen molar-refractivity contribution in [2.75, 3.05) is 39.4 Å². The zero-order chi connectivity index (χ0) is 9.38. The monoisotopic (exact) mass is 196 g/mol. The Hall–Kier alpha value is -0.120. The molecule has 0 amide bonds. The van der Waals surface area contributed by atoms with Gasteiger partial charge in [-0.3, -0.25) is 4.90 Å². The Morgan fingerprint density at radius 1 is 1.07 bits per heavy atom. The summed E-state index contributed by atoms with van der Waals surface area (Å²) in [7, 11) is 0. The summed E-state index contributed by atoms with van der Waals surface area (Å²) in [4.78, 5) is 2.67. The summed E-state index contributed by atoms with van der Waals surface area (Å²) < 4.78 is 5.41. The third-order valence-electron chi connectivity index (χ3n) is 4.23. The van der Waals surface area contributed by atoms with Crippen LogP contribution in [0.5, 0.6) is 0 Å². The smallest absolute Gasteiger partial charge is 0.0594 e. The molecule has 3 heteroatoms. The first-order valence-electron chi connectivity index (χ1n) is 5.97. The second-order valence-electron chi connectivity index (χ2n) is 4.88. The van der Waals surface area contributed by atoms with Crippen molar-refractivity contribution in [3.63, 3.8) is 0 Å². The Kier molecular flexibility index (Phi) is 2.48. The number of hydrogen-bond donors (Lipinski definition) is 1. The fourth-order valence-electron chi connectivity index (χ4n) is 3.48. The van der Waals surface area contributed by atoms with Crippen LogP contribution in [0.2, 0.25) is 0 Å². The first-order chi connectivity index (χ1) is 6.95. The minimum atomic E-state index is 0.860. The van der Waals surface area contributed by atoms with Gasteiger partial charge in [0.2, 0.25) is 0 Å². The number of morpholine rings is 1. The molecule has 0 aromatic rings. The van der Waals surface area contributed by atoms with E-state index in [-0.39, 0.29) is 0 Å². The first-order valence-corrected chi connectivity index (χ1v) is 5.97. The summed E-state index contributed by atoms with van der Waals surface area (Å²) in [6.45, 7) is 6.74. The quantitative estimate of drug-likeness (QED) is 0.653. The van der Waals surface area contributed by atoms with Crippen LogP contribution in [0.1, 0.15) is 12.8 Å². The highest BCUT2D eigenvalue weighted by Gasteiger charge is 2.41. The van der Waals surface area contributed by atoms with Crippen LogP contribution in [0, 0.1) is 11.8 Å². The van der Waals surface area contributed by atoms with E-state index in [0.717, 1.165) is 44.2 Å². The van der Waals surface area contributed by atoms with Crippen molar-refractivity contribution in [3.8, 4) is 0 Å². The van der Waals surface area contributed by atoms with E-state index in [1.165, 1.54) is 25.9 Å². The van der Waals surface area contributed by atoms with Crippen molar-refractivity contribution in [3.05, 3.63) is 0 Å². The molecule has 3 fully saturated rings. The molecular formula is C11H20N2O. The van der Waals surface area contributed by atoms with E-state index >= 15 is 0 Å². The largest absolute Gasteiger partial charge is 0.379 e. The van der Waals surface area contributed by atoms with E-state index < -0.39 is 0 Å². The molecule has 0 aromatic carbocycles. The van der Waals surface area contributed by atoms with Crippen LogP contribution in [0.4, 0.5) is 0 Å². The standard InChI is InChI=1S/C11H20N2O/c1-2-11(10-8-12-7-9(1)10)13-3-5-14-6-4-13/h9-12H,1-8H2. The van der Waals surface area contributed by atoms with E-state index in [1.54, 1.807) is 0 Å². The molecule has 3 atom stereocenters. The SMILES string of the molecule is C1CN(C2CCC3CNCC32)CCO1. The fourth-order valence-corrected chi connectivity index (χ4v) is 3.48. The van der Waals surface area contributed by atoms with Crippen LogP contribution in [0.15, 0.2) is 0 Å². The maximum absolute atomic E-state index is 5.41. The molecule has 1 aliphatic carbocycles. The molecule has 80 valence electrons. The number of rotatable bonds is 1. The molecule has 1 N–H and O–H groups in total. The molecule has 3 rings (SSSR count). The lowest BCUT2D eigenvalue weighted by Crippen LogP contribution is -2.46. The molecule has 2 aliphatic heterocycles. The molecule has 14 heavy (non-hydrogen) atoms. The fraction of sp³-hybridized carbons (Fsp3) is 1.00. The van der Waals surface area contributed by atoms with Gasteiger partial charge in [0.05, 0.1) is 13.2 Å². The van der Waals surface area contributed by atoms with Crippen LogP contribution >= 0.6 is 0 Å². The average Bonchev–Trinajstić information content (AvgIpc) is 2.79. The topological polar surface area (TPSA) is 24.5 Å². The highest BCUT2D eigenvalue weighted by Crippen LogP contribution is 2.37. The molecule has 0 radical (unpaired) electrons. The Labute approximate surface area is 85.8 Å². The van der Waals surface area contributed by atoms with Crippen molar-refractivity contribution in [2.24, 2.45) is 11.8 Å². The van der Waals surface area contributed by atoms with Gasteiger partial charge in [0.25, 0.3) is 0 Å². The lowest BCUT2D eigenvalue weighted by molar-refractivity contribution is 0.00834. The first kappa shape index (κ1) is 9.13. The summed E-state index contributed by atoms with van der Waals surface area (Å²) in [5, 5.41) is 3.54. The van der Waals surface area contributed by atoms with Gasteiger partial charge >= 0.3 is 0 Å². The molecule has 0 spiro atoms. The van der Waals surface area contributed by atoms with Gasteiger partial charge in [-0.1, -0.05) is 0 Å². The number of nitrogens with one attached hydrogen (secondary N) is 1. The number of hydrogen-bond acceptors (Lipinski definition) is 3. The number of ether oxygens (including phenoxy) is 1. The van der Waals surface area contributed by atoms with E-state index in [9.17, 15) is 0 Å². The maximum atomic E-state index is 5.41. The van der Waals surface area contributed by atoms with Crippen molar-refractivity contribution >= 4 is 0 Å². The van der Waals surface area contributed by atoms with Crippen LogP contribution in [-0.2, 0) is 4.74 Å². The van der Waals surface area contributed by atoms with Gasteiger partial charge < -0.3 is 10.1 Å². The minimum Gasteiger partial charge on any atom is -0.379 e. The lowest BCUT2D eigenvalue weighted by atomic mass is 9.96. The highest BCUT2D eigenvalue weighted by molar-refractivity contribution is 4.96. The summed E-state index contributed by atoms with van der Waals surface area (Å²) >= 11 is 0. The zero-order valence-electron chi connectivity index (χ0n) is 8.74. The second kappa shape index (κ2) is 3.80. The molecular weight excluding hydrogens is 176 g/mol. The minimum absolute atomic E-state index is 0.860. The summed E-state index contributed by atoms with van der Waals surface area (Å²) in [6, 6.07) is 0.860. The average molecular weight is 196 g/mol. The zero-order valence-corrected chi connectivity index (χ0v) is 8.74. The van der Waals surface area contributed by atoms with Gasteiger partial charge in [-0.15, -0.1) is 0 Å². The van der Waals surface area contributed by atoms with Gasteiger partial charge in [-0.05, 0) is 37.8 Å². The maximum Gasteiger partial charge on any atom is 0.0594 e. The van der Waals surface area contributed by atoms with E-state index in [1.807, 2.05) is 0 Å². The van der Waals surface area contributed by atoms with Crippen molar-refractivity contribution in [2.45, 2.75) is 18.9 Å². The third kappa shape index (κ3) is 1.47. The Morgan fingerprint density at radius 2 is 1.93 bits per heavy atom. The van der Waals surface area contributed by atoms with Crippen LogP contribution in [0.3, 0.4) is 0 Å². The molecule has 2 saturated heterocycles. The van der Waals surface area contributed by atoms with Gasteiger partial charge in [-0.25, -0.2) is 0 Å². The molecule has 3 aliphatic rings. The van der Waals surface area contributed by atoms with Crippen LogP contribution in [0.25, 0.3) is 0 Å². The number of nitrogens with zero attached hydrogens (tertiary/aromatic N) is 1. The van der Waals surface area contributed by atoms with Crippen molar-refractivity contribution in [1.29, 1.82) is 0 Å². The van der Waals surface area contributed by atoms with Gasteiger partial charge in [0, 0.05) is 19.1 Å².